The van der Waals surface area contributed by atoms with E-state index in [0.29, 0.717) is 10.8 Å². The molecule has 1 unspecified atom stereocenters. The molecule has 3 aromatic rings. The van der Waals surface area contributed by atoms with Gasteiger partial charge in [-0.1, -0.05) is 12.1 Å². The average molecular weight is 355 g/mol. The molecule has 1 atom stereocenters. The van der Waals surface area contributed by atoms with E-state index in [-0.39, 0.29) is 36.0 Å². The monoisotopic (exact) mass is 355 g/mol. The van der Waals surface area contributed by atoms with Gasteiger partial charge in [0.25, 0.3) is 11.1 Å². The topological polar surface area (TPSA) is 97.1 Å². The van der Waals surface area contributed by atoms with Crippen LogP contribution in [0.3, 0.4) is 0 Å². The SMILES string of the molecule is CC(CCc1ccco1)NC(=O)CCn1[nH]c(=O)c2ccccc2c1=O. The molecule has 0 fully saturated rings. The van der Waals surface area contributed by atoms with Crippen molar-refractivity contribution in [2.24, 2.45) is 0 Å². The Morgan fingerprint density at radius 3 is 2.69 bits per heavy atom. The van der Waals surface area contributed by atoms with Crippen molar-refractivity contribution >= 4 is 16.7 Å². The standard InChI is InChI=1S/C19H21N3O4/c1-13(8-9-14-5-4-12-26-14)20-17(23)10-11-22-19(25)16-7-3-2-6-15(16)18(24)21-22/h2-7,12-13H,8-11H2,1H3,(H,20,23)(H,21,24). The van der Waals surface area contributed by atoms with Crippen LogP contribution < -0.4 is 16.4 Å². The Labute approximate surface area is 149 Å². The summed E-state index contributed by atoms with van der Waals surface area (Å²) in [7, 11) is 0. The third kappa shape index (κ3) is 4.11. The van der Waals surface area contributed by atoms with Crippen LogP contribution in [0.15, 0.2) is 56.7 Å². The highest BCUT2D eigenvalue weighted by Crippen LogP contribution is 2.06. The number of nitrogens with zero attached hydrogens (tertiary/aromatic N) is 1. The molecule has 0 aliphatic rings. The number of fused-ring (bicyclic) bond motifs is 1. The number of furan rings is 1. The Morgan fingerprint density at radius 2 is 1.96 bits per heavy atom. The predicted octanol–water partition coefficient (Wildman–Crippen LogP) is 1.81. The molecule has 1 aromatic carbocycles. The number of aromatic nitrogens is 2. The first-order valence-electron chi connectivity index (χ1n) is 8.58. The van der Waals surface area contributed by atoms with Crippen molar-refractivity contribution in [3.8, 4) is 0 Å². The van der Waals surface area contributed by atoms with Gasteiger partial charge in [0.2, 0.25) is 5.91 Å². The molecule has 0 spiro atoms. The molecule has 0 saturated heterocycles. The number of carbonyl (C=O) groups is 1. The Hall–Kier alpha value is -3.09. The third-order valence-electron chi connectivity index (χ3n) is 4.26. The molecule has 2 heterocycles. The molecule has 0 radical (unpaired) electrons. The van der Waals surface area contributed by atoms with Crippen LogP contribution >= 0.6 is 0 Å². The molecule has 7 heteroatoms. The van der Waals surface area contributed by atoms with Crippen LogP contribution in [0.25, 0.3) is 10.8 Å². The second kappa shape index (κ2) is 7.86. The van der Waals surface area contributed by atoms with Crippen molar-refractivity contribution in [2.45, 2.75) is 38.8 Å². The zero-order chi connectivity index (χ0) is 18.5. The number of aryl methyl sites for hydroxylation is 2. The number of benzene rings is 1. The number of H-pyrrole nitrogens is 1. The summed E-state index contributed by atoms with van der Waals surface area (Å²) in [5, 5.41) is 6.13. The largest absolute Gasteiger partial charge is 0.469 e. The van der Waals surface area contributed by atoms with Crippen LogP contribution in [0, 0.1) is 0 Å². The van der Waals surface area contributed by atoms with E-state index in [9.17, 15) is 14.4 Å². The summed E-state index contributed by atoms with van der Waals surface area (Å²) < 4.78 is 6.46. The van der Waals surface area contributed by atoms with Gasteiger partial charge in [-0.3, -0.25) is 19.5 Å². The van der Waals surface area contributed by atoms with E-state index >= 15 is 0 Å². The van der Waals surface area contributed by atoms with E-state index in [4.69, 9.17) is 4.42 Å². The lowest BCUT2D eigenvalue weighted by Crippen LogP contribution is -2.35. The van der Waals surface area contributed by atoms with Crippen molar-refractivity contribution < 1.29 is 9.21 Å². The van der Waals surface area contributed by atoms with Gasteiger partial charge < -0.3 is 9.73 Å². The summed E-state index contributed by atoms with van der Waals surface area (Å²) in [6.45, 7) is 2.04. The smallest absolute Gasteiger partial charge is 0.273 e. The summed E-state index contributed by atoms with van der Waals surface area (Å²) in [5.41, 5.74) is -0.647. The lowest BCUT2D eigenvalue weighted by molar-refractivity contribution is -0.122. The van der Waals surface area contributed by atoms with E-state index < -0.39 is 0 Å². The Bertz CT molecular complexity index is 1000. The molecule has 2 N–H and O–H groups in total. The first-order valence-corrected chi connectivity index (χ1v) is 8.58. The molecule has 7 nitrogen and oxygen atoms in total. The van der Waals surface area contributed by atoms with Gasteiger partial charge in [-0.05, 0) is 37.6 Å². The van der Waals surface area contributed by atoms with Crippen LogP contribution in [0.5, 0.6) is 0 Å². The van der Waals surface area contributed by atoms with Gasteiger partial charge >= 0.3 is 0 Å². The fourth-order valence-corrected chi connectivity index (χ4v) is 2.85. The van der Waals surface area contributed by atoms with Crippen molar-refractivity contribution in [3.05, 3.63) is 69.1 Å². The highest BCUT2D eigenvalue weighted by molar-refractivity contribution is 5.80. The molecular weight excluding hydrogens is 334 g/mol. The van der Waals surface area contributed by atoms with Crippen LogP contribution in [0.1, 0.15) is 25.5 Å². The maximum atomic E-state index is 12.4. The van der Waals surface area contributed by atoms with Crippen LogP contribution in [0.2, 0.25) is 0 Å². The lowest BCUT2D eigenvalue weighted by atomic mass is 10.1. The number of amides is 1. The molecule has 1 amide bonds. The first-order chi connectivity index (χ1) is 12.5. The normalized spacial score (nSPS) is 12.2. The molecule has 0 saturated carbocycles. The highest BCUT2D eigenvalue weighted by Gasteiger charge is 2.11. The summed E-state index contributed by atoms with van der Waals surface area (Å²) in [4.78, 5) is 36.6. The molecule has 0 aliphatic heterocycles. The van der Waals surface area contributed by atoms with Gasteiger partial charge in [-0.25, -0.2) is 4.68 Å². The van der Waals surface area contributed by atoms with Gasteiger partial charge in [0.15, 0.2) is 0 Å². The fraction of sp³-hybridized carbons (Fsp3) is 0.316. The zero-order valence-electron chi connectivity index (χ0n) is 14.5. The minimum atomic E-state index is -0.340. The maximum Gasteiger partial charge on any atom is 0.273 e. The van der Waals surface area contributed by atoms with Crippen LogP contribution in [0.4, 0.5) is 0 Å². The Kier molecular flexibility index (Phi) is 5.36. The number of rotatable bonds is 7. The minimum Gasteiger partial charge on any atom is -0.469 e. The summed E-state index contributed by atoms with van der Waals surface area (Å²) in [5.74, 6) is 0.712. The Morgan fingerprint density at radius 1 is 1.19 bits per heavy atom. The van der Waals surface area contributed by atoms with Gasteiger partial charge in [0.1, 0.15) is 5.76 Å². The van der Waals surface area contributed by atoms with E-state index in [1.165, 1.54) is 4.68 Å². The molecular formula is C19H21N3O4. The number of aromatic amines is 1. The number of hydrogen-bond acceptors (Lipinski definition) is 4. The lowest BCUT2D eigenvalue weighted by Gasteiger charge is -2.13. The molecule has 2 aromatic heterocycles. The molecule has 26 heavy (non-hydrogen) atoms. The first kappa shape index (κ1) is 17.7. The second-order valence-corrected chi connectivity index (χ2v) is 6.28. The second-order valence-electron chi connectivity index (χ2n) is 6.28. The van der Waals surface area contributed by atoms with Crippen LogP contribution in [-0.2, 0) is 17.8 Å². The Balaban J connectivity index is 1.57. The van der Waals surface area contributed by atoms with Gasteiger partial charge in [-0.2, -0.15) is 0 Å². The maximum absolute atomic E-state index is 12.4. The van der Waals surface area contributed by atoms with E-state index in [2.05, 4.69) is 10.4 Å². The molecule has 0 aliphatic carbocycles. The minimum absolute atomic E-state index is 0.0139. The third-order valence-corrected chi connectivity index (χ3v) is 4.26. The number of carbonyl (C=O) groups excluding carboxylic acids is 1. The van der Waals surface area contributed by atoms with E-state index in [1.54, 1.807) is 30.5 Å². The number of hydrogen-bond donors (Lipinski definition) is 2. The van der Waals surface area contributed by atoms with E-state index in [1.807, 2.05) is 19.1 Å². The molecule has 3 rings (SSSR count). The summed E-state index contributed by atoms with van der Waals surface area (Å²) in [6, 6.07) is 10.4. The van der Waals surface area contributed by atoms with Crippen molar-refractivity contribution in [3.63, 3.8) is 0 Å². The highest BCUT2D eigenvalue weighted by atomic mass is 16.3. The molecule has 136 valence electrons. The quantitative estimate of drug-likeness (QED) is 0.675. The average Bonchev–Trinajstić information content (AvgIpc) is 3.15. The zero-order valence-corrected chi connectivity index (χ0v) is 14.5. The molecule has 0 bridgehead atoms. The predicted molar refractivity (Wildman–Crippen MR) is 98.1 cm³/mol. The van der Waals surface area contributed by atoms with Gasteiger partial charge in [0.05, 0.1) is 23.6 Å². The van der Waals surface area contributed by atoms with Gasteiger partial charge in [0, 0.05) is 18.9 Å². The van der Waals surface area contributed by atoms with Gasteiger partial charge in [-0.15, -0.1) is 0 Å². The fourth-order valence-electron chi connectivity index (χ4n) is 2.85. The van der Waals surface area contributed by atoms with Crippen molar-refractivity contribution in [1.29, 1.82) is 0 Å². The number of nitrogens with one attached hydrogen (secondary N) is 2. The van der Waals surface area contributed by atoms with Crippen molar-refractivity contribution in [1.82, 2.24) is 15.1 Å². The van der Waals surface area contributed by atoms with E-state index in [0.717, 1.165) is 18.6 Å². The summed E-state index contributed by atoms with van der Waals surface area (Å²) in [6.07, 6.45) is 3.23. The van der Waals surface area contributed by atoms with Crippen molar-refractivity contribution in [2.75, 3.05) is 0 Å². The van der Waals surface area contributed by atoms with Crippen LogP contribution in [-0.4, -0.2) is 21.7 Å². The summed E-state index contributed by atoms with van der Waals surface area (Å²) >= 11 is 0.